The third-order valence-corrected chi connectivity index (χ3v) is 6.40. The number of hydrogen-bond donors (Lipinski definition) is 0. The molecule has 0 radical (unpaired) electrons. The Morgan fingerprint density at radius 1 is 0.774 bits per heavy atom. The fourth-order valence-electron chi connectivity index (χ4n) is 4.03. The molecular weight excluding hydrogens is 431 g/mol. The van der Waals surface area contributed by atoms with Gasteiger partial charge >= 0.3 is 0 Å². The van der Waals surface area contributed by atoms with Crippen molar-refractivity contribution in [3.8, 4) is 0 Å². The maximum absolute atomic E-state index is 6.36. The van der Waals surface area contributed by atoms with Crippen LogP contribution in [0.5, 0.6) is 0 Å². The van der Waals surface area contributed by atoms with Crippen LogP contribution in [0.25, 0.3) is 11.2 Å². The normalized spacial score (nSPS) is 15.0. The summed E-state index contributed by atoms with van der Waals surface area (Å²) in [6, 6.07) is 16.1. The van der Waals surface area contributed by atoms with Crippen molar-refractivity contribution in [3.05, 3.63) is 82.4 Å². The highest BCUT2D eigenvalue weighted by Crippen LogP contribution is 2.28. The van der Waals surface area contributed by atoms with Gasteiger partial charge < -0.3 is 9.47 Å². The molecule has 0 bridgehead atoms. The fraction of sp³-hybridized carbons (Fsp3) is 0.261. The first-order valence-corrected chi connectivity index (χ1v) is 11.0. The van der Waals surface area contributed by atoms with Crippen molar-refractivity contribution in [2.24, 2.45) is 0 Å². The predicted molar refractivity (Wildman–Crippen MR) is 125 cm³/mol. The van der Waals surface area contributed by atoms with E-state index in [2.05, 4.69) is 55.1 Å². The van der Waals surface area contributed by atoms with Crippen LogP contribution < -0.4 is 4.90 Å². The summed E-state index contributed by atoms with van der Waals surface area (Å²) >= 11 is 12.7. The van der Waals surface area contributed by atoms with Gasteiger partial charge in [-0.15, -0.1) is 0 Å². The second kappa shape index (κ2) is 8.83. The minimum Gasteiger partial charge on any atom is -0.352 e. The van der Waals surface area contributed by atoms with Crippen molar-refractivity contribution in [1.29, 1.82) is 0 Å². The van der Waals surface area contributed by atoms with Crippen molar-refractivity contribution >= 4 is 40.2 Å². The van der Waals surface area contributed by atoms with Crippen LogP contribution in [0, 0.1) is 0 Å². The van der Waals surface area contributed by atoms with Crippen LogP contribution in [0.4, 0.5) is 5.82 Å². The molecule has 1 aliphatic heterocycles. The highest BCUT2D eigenvalue weighted by Gasteiger charge is 2.22. The highest BCUT2D eigenvalue weighted by atomic mass is 35.5. The van der Waals surface area contributed by atoms with Crippen LogP contribution >= 0.6 is 23.2 Å². The first-order chi connectivity index (χ1) is 15.2. The lowest BCUT2D eigenvalue weighted by molar-refractivity contribution is 0.249. The quantitative estimate of drug-likeness (QED) is 0.445. The van der Waals surface area contributed by atoms with Crippen LogP contribution in [0.1, 0.15) is 11.1 Å². The van der Waals surface area contributed by atoms with E-state index in [4.69, 9.17) is 23.2 Å². The first-order valence-electron chi connectivity index (χ1n) is 10.3. The molecule has 0 atom stereocenters. The molecule has 1 aliphatic rings. The zero-order chi connectivity index (χ0) is 21.2. The Morgan fingerprint density at radius 2 is 1.52 bits per heavy atom. The average molecular weight is 453 g/mol. The van der Waals surface area contributed by atoms with Gasteiger partial charge in [0.05, 0.1) is 12.9 Å². The van der Waals surface area contributed by atoms with Crippen LogP contribution in [0.2, 0.25) is 10.0 Å². The van der Waals surface area contributed by atoms with Gasteiger partial charge in [-0.1, -0.05) is 59.6 Å². The van der Waals surface area contributed by atoms with E-state index in [0.717, 1.165) is 55.3 Å². The molecule has 5 rings (SSSR count). The lowest BCUT2D eigenvalue weighted by Crippen LogP contribution is -2.46. The molecule has 0 aliphatic carbocycles. The Labute approximate surface area is 191 Å². The Kier molecular flexibility index (Phi) is 5.76. The topological polar surface area (TPSA) is 50.1 Å². The van der Waals surface area contributed by atoms with Gasteiger partial charge in [-0.05, 0) is 17.7 Å². The molecule has 2 aromatic heterocycles. The van der Waals surface area contributed by atoms with Crippen LogP contribution in [0.15, 0.2) is 61.2 Å². The van der Waals surface area contributed by atoms with Crippen LogP contribution in [-0.4, -0.2) is 50.6 Å². The third kappa shape index (κ3) is 4.24. The van der Waals surface area contributed by atoms with E-state index in [1.165, 1.54) is 5.56 Å². The molecule has 6 nitrogen and oxygen atoms in total. The Bertz CT molecular complexity index is 1170. The third-order valence-electron chi connectivity index (χ3n) is 5.69. The maximum atomic E-state index is 6.36. The number of hydrogen-bond acceptors (Lipinski definition) is 5. The molecule has 3 heterocycles. The van der Waals surface area contributed by atoms with Crippen molar-refractivity contribution in [2.45, 2.75) is 13.1 Å². The van der Waals surface area contributed by atoms with E-state index >= 15 is 0 Å². The molecule has 0 amide bonds. The summed E-state index contributed by atoms with van der Waals surface area (Å²) in [6.07, 6.45) is 3.40. The van der Waals surface area contributed by atoms with Gasteiger partial charge in [0, 0.05) is 48.3 Å². The second-order valence-corrected chi connectivity index (χ2v) is 8.51. The minimum absolute atomic E-state index is 0.510. The fourth-order valence-corrected chi connectivity index (χ4v) is 4.55. The predicted octanol–water partition coefficient (Wildman–Crippen LogP) is 4.50. The summed E-state index contributed by atoms with van der Waals surface area (Å²) in [7, 11) is 0. The van der Waals surface area contributed by atoms with Crippen molar-refractivity contribution < 1.29 is 0 Å². The molecule has 0 unspecified atom stereocenters. The van der Waals surface area contributed by atoms with Gasteiger partial charge in [-0.2, -0.15) is 0 Å². The molecule has 0 saturated carbocycles. The van der Waals surface area contributed by atoms with Gasteiger partial charge in [0.2, 0.25) is 0 Å². The van der Waals surface area contributed by atoms with Gasteiger partial charge in [0.25, 0.3) is 0 Å². The number of halogens is 2. The number of rotatable bonds is 5. The van der Waals surface area contributed by atoms with Gasteiger partial charge in [-0.25, -0.2) is 15.0 Å². The largest absolute Gasteiger partial charge is 0.352 e. The molecule has 158 valence electrons. The smallest absolute Gasteiger partial charge is 0.165 e. The molecule has 8 heteroatoms. The van der Waals surface area contributed by atoms with Crippen LogP contribution in [0.3, 0.4) is 0 Å². The number of imidazole rings is 1. The van der Waals surface area contributed by atoms with Crippen molar-refractivity contribution in [3.63, 3.8) is 0 Å². The maximum Gasteiger partial charge on any atom is 0.165 e. The SMILES string of the molecule is Clc1cccc(Cl)c1Cn1cnc2c(N3CCN(Cc4ccccc4)CC3)ncnc21. The molecule has 2 aromatic carbocycles. The highest BCUT2D eigenvalue weighted by molar-refractivity contribution is 6.36. The monoisotopic (exact) mass is 452 g/mol. The standard InChI is InChI=1S/C23H22Cl2N6/c24-19-7-4-8-20(25)18(19)14-31-16-28-21-22(26-15-27-23(21)31)30-11-9-29(10-12-30)13-17-5-2-1-3-6-17/h1-8,15-16H,9-14H2. The van der Waals surface area contributed by atoms with E-state index in [9.17, 15) is 0 Å². The number of nitrogens with zero attached hydrogens (tertiary/aromatic N) is 6. The number of anilines is 1. The molecule has 1 saturated heterocycles. The van der Waals surface area contributed by atoms with Crippen LogP contribution in [-0.2, 0) is 13.1 Å². The number of benzene rings is 2. The first kappa shape index (κ1) is 20.2. The summed E-state index contributed by atoms with van der Waals surface area (Å²) in [5, 5.41) is 1.27. The molecular formula is C23H22Cl2N6. The average Bonchev–Trinajstić information content (AvgIpc) is 3.21. The van der Waals surface area contributed by atoms with E-state index in [0.29, 0.717) is 16.6 Å². The van der Waals surface area contributed by atoms with Crippen molar-refractivity contribution in [1.82, 2.24) is 24.4 Å². The summed E-state index contributed by atoms with van der Waals surface area (Å²) in [5.41, 5.74) is 3.80. The Balaban J connectivity index is 1.34. The zero-order valence-corrected chi connectivity index (χ0v) is 18.5. The summed E-state index contributed by atoms with van der Waals surface area (Å²) < 4.78 is 1.97. The minimum atomic E-state index is 0.510. The Hall–Kier alpha value is -2.67. The van der Waals surface area contributed by atoms with E-state index in [1.807, 2.05) is 22.8 Å². The lowest BCUT2D eigenvalue weighted by atomic mass is 10.2. The van der Waals surface area contributed by atoms with Gasteiger partial charge in [0.1, 0.15) is 6.33 Å². The molecule has 4 aromatic rings. The van der Waals surface area contributed by atoms with Crippen molar-refractivity contribution in [2.75, 3.05) is 31.1 Å². The molecule has 0 spiro atoms. The summed E-state index contributed by atoms with van der Waals surface area (Å²) in [5.74, 6) is 0.883. The number of fused-ring (bicyclic) bond motifs is 1. The molecule has 1 fully saturated rings. The van der Waals surface area contributed by atoms with Gasteiger partial charge in [-0.3, -0.25) is 4.90 Å². The second-order valence-electron chi connectivity index (χ2n) is 7.69. The number of aromatic nitrogens is 4. The van der Waals surface area contributed by atoms with E-state index < -0.39 is 0 Å². The lowest BCUT2D eigenvalue weighted by Gasteiger charge is -2.35. The summed E-state index contributed by atoms with van der Waals surface area (Å²) in [6.45, 7) is 5.26. The Morgan fingerprint density at radius 3 is 2.26 bits per heavy atom. The van der Waals surface area contributed by atoms with E-state index in [-0.39, 0.29) is 0 Å². The summed E-state index contributed by atoms with van der Waals surface area (Å²) in [4.78, 5) is 18.5. The van der Waals surface area contributed by atoms with E-state index in [1.54, 1.807) is 12.7 Å². The number of piperazine rings is 1. The zero-order valence-electron chi connectivity index (χ0n) is 17.0. The van der Waals surface area contributed by atoms with Gasteiger partial charge in [0.15, 0.2) is 17.0 Å². The molecule has 0 N–H and O–H groups in total. The molecule has 31 heavy (non-hydrogen) atoms.